The molecule has 6 nitrogen and oxygen atoms in total. The van der Waals surface area contributed by atoms with Crippen LogP contribution in [0, 0.1) is 0 Å². The first-order chi connectivity index (χ1) is 12.3. The average Bonchev–Trinajstić information content (AvgIpc) is 3.21. The number of hydrogen-bond donors (Lipinski definition) is 1. The van der Waals surface area contributed by atoms with E-state index in [4.69, 9.17) is 9.47 Å². The lowest BCUT2D eigenvalue weighted by molar-refractivity contribution is -0.0816. The van der Waals surface area contributed by atoms with Crippen LogP contribution in [-0.2, 0) is 20.3 Å². The molecule has 3 rings (SSSR count). The second kappa shape index (κ2) is 9.31. The Morgan fingerprint density at radius 1 is 1.28 bits per heavy atom. The molecule has 0 amide bonds. The first-order valence-electron chi connectivity index (χ1n) is 8.90. The van der Waals surface area contributed by atoms with Crippen LogP contribution in [0.4, 0.5) is 0 Å². The Labute approximate surface area is 152 Å². The third-order valence-corrected chi connectivity index (χ3v) is 5.93. The van der Waals surface area contributed by atoms with E-state index in [1.54, 1.807) is 7.05 Å². The van der Waals surface area contributed by atoms with Gasteiger partial charge in [-0.3, -0.25) is 9.20 Å². The molecule has 2 aliphatic heterocycles. The van der Waals surface area contributed by atoms with Crippen LogP contribution in [0.15, 0.2) is 40.2 Å². The van der Waals surface area contributed by atoms with Crippen LogP contribution in [0.25, 0.3) is 0 Å². The van der Waals surface area contributed by atoms with Crippen LogP contribution in [0.1, 0.15) is 12.8 Å². The van der Waals surface area contributed by atoms with Gasteiger partial charge in [-0.15, -0.1) is 0 Å². The number of benzene rings is 1. The van der Waals surface area contributed by atoms with Gasteiger partial charge in [0.05, 0.1) is 23.5 Å². The van der Waals surface area contributed by atoms with Crippen molar-refractivity contribution in [3.63, 3.8) is 0 Å². The Bertz CT molecular complexity index is 590. The molecule has 3 atom stereocenters. The molecule has 1 aromatic rings. The minimum atomic E-state index is -0.996. The van der Waals surface area contributed by atoms with Crippen LogP contribution in [0.2, 0.25) is 0 Å². The van der Waals surface area contributed by atoms with Crippen molar-refractivity contribution in [2.45, 2.75) is 29.9 Å². The molecule has 0 spiro atoms. The Kier molecular flexibility index (Phi) is 6.84. The number of nitrogens with zero attached hydrogens (tertiary/aromatic N) is 2. The maximum atomic E-state index is 12.3. The predicted molar refractivity (Wildman–Crippen MR) is 99.4 cm³/mol. The first-order valence-corrected chi connectivity index (χ1v) is 10.2. The lowest BCUT2D eigenvalue weighted by Crippen LogP contribution is -2.53. The minimum absolute atomic E-state index is 0.105. The summed E-state index contributed by atoms with van der Waals surface area (Å²) in [4.78, 5) is 7.45. The Balaban J connectivity index is 1.48. The lowest BCUT2D eigenvalue weighted by atomic mass is 10.1. The molecule has 0 saturated carbocycles. The van der Waals surface area contributed by atoms with Crippen molar-refractivity contribution in [1.29, 1.82) is 0 Å². The Hall–Kier alpha value is -1.44. The normalized spacial score (nSPS) is 25.8. The van der Waals surface area contributed by atoms with Crippen LogP contribution < -0.4 is 5.32 Å². The van der Waals surface area contributed by atoms with Gasteiger partial charge in [0.15, 0.2) is 5.96 Å². The molecule has 25 heavy (non-hydrogen) atoms. The fourth-order valence-corrected chi connectivity index (χ4v) is 4.25. The number of hydrogen-bond acceptors (Lipinski definition) is 4. The molecule has 7 heteroatoms. The molecular formula is C18H27N3O3S. The van der Waals surface area contributed by atoms with Gasteiger partial charge in [-0.25, -0.2) is 0 Å². The van der Waals surface area contributed by atoms with Gasteiger partial charge in [-0.1, -0.05) is 18.2 Å². The van der Waals surface area contributed by atoms with Gasteiger partial charge in [-0.05, 0) is 25.0 Å². The number of rotatable bonds is 5. The van der Waals surface area contributed by atoms with Gasteiger partial charge in [0.25, 0.3) is 0 Å². The quantitative estimate of drug-likeness (QED) is 0.629. The first kappa shape index (κ1) is 18.4. The van der Waals surface area contributed by atoms with Gasteiger partial charge in [-0.2, -0.15) is 0 Å². The molecule has 138 valence electrons. The average molecular weight is 365 g/mol. The molecule has 0 radical (unpaired) electrons. The Morgan fingerprint density at radius 3 is 2.80 bits per heavy atom. The predicted octanol–water partition coefficient (Wildman–Crippen LogP) is 1.25. The van der Waals surface area contributed by atoms with Crippen LogP contribution in [0.5, 0.6) is 0 Å². The van der Waals surface area contributed by atoms with Crippen LogP contribution in [-0.4, -0.2) is 72.9 Å². The number of nitrogens with one attached hydrogen (secondary N) is 1. The highest BCUT2D eigenvalue weighted by Gasteiger charge is 2.32. The third-order valence-electron chi connectivity index (χ3n) is 4.56. The monoisotopic (exact) mass is 365 g/mol. The lowest BCUT2D eigenvalue weighted by Gasteiger charge is -2.37. The molecule has 2 heterocycles. The molecule has 0 bridgehead atoms. The molecule has 2 fully saturated rings. The van der Waals surface area contributed by atoms with Gasteiger partial charge < -0.3 is 19.7 Å². The van der Waals surface area contributed by atoms with E-state index in [1.165, 1.54) is 0 Å². The summed E-state index contributed by atoms with van der Waals surface area (Å²) in [6, 6.07) is 9.57. The van der Waals surface area contributed by atoms with E-state index >= 15 is 0 Å². The zero-order chi connectivity index (χ0) is 17.5. The highest BCUT2D eigenvalue weighted by molar-refractivity contribution is 7.85. The molecule has 2 aliphatic rings. The third kappa shape index (κ3) is 5.03. The zero-order valence-electron chi connectivity index (χ0n) is 14.7. The van der Waals surface area contributed by atoms with Gasteiger partial charge in [0.2, 0.25) is 0 Å². The summed E-state index contributed by atoms with van der Waals surface area (Å²) in [5.41, 5.74) is 0. The molecule has 0 aliphatic carbocycles. The number of morpholine rings is 1. The van der Waals surface area contributed by atoms with Gasteiger partial charge >= 0.3 is 0 Å². The maximum absolute atomic E-state index is 12.3. The summed E-state index contributed by atoms with van der Waals surface area (Å²) in [6.07, 6.45) is 2.49. The van der Waals surface area contributed by atoms with Crippen molar-refractivity contribution in [1.82, 2.24) is 10.2 Å². The largest absolute Gasteiger partial charge is 0.375 e. The van der Waals surface area contributed by atoms with E-state index in [-0.39, 0.29) is 12.2 Å². The van der Waals surface area contributed by atoms with E-state index in [9.17, 15) is 4.21 Å². The SMILES string of the molecule is CN=C(NCCS(=O)c1ccccc1)N1CCOC(C2CCCO2)C1. The molecule has 3 unspecified atom stereocenters. The van der Waals surface area contributed by atoms with Crippen molar-refractivity contribution in [3.05, 3.63) is 30.3 Å². The van der Waals surface area contributed by atoms with E-state index in [0.29, 0.717) is 18.9 Å². The summed E-state index contributed by atoms with van der Waals surface area (Å²) in [7, 11) is 0.788. The summed E-state index contributed by atoms with van der Waals surface area (Å²) in [5.74, 6) is 1.40. The number of aliphatic imine (C=N–C) groups is 1. The minimum Gasteiger partial charge on any atom is -0.375 e. The van der Waals surface area contributed by atoms with E-state index < -0.39 is 10.8 Å². The van der Waals surface area contributed by atoms with E-state index in [2.05, 4.69) is 15.2 Å². The van der Waals surface area contributed by atoms with E-state index in [0.717, 1.165) is 43.4 Å². The van der Waals surface area contributed by atoms with Crippen molar-refractivity contribution < 1.29 is 13.7 Å². The van der Waals surface area contributed by atoms with Crippen LogP contribution >= 0.6 is 0 Å². The van der Waals surface area contributed by atoms with Crippen molar-refractivity contribution in [3.8, 4) is 0 Å². The van der Waals surface area contributed by atoms with Crippen molar-refractivity contribution in [2.75, 3.05) is 45.6 Å². The second-order valence-electron chi connectivity index (χ2n) is 6.24. The highest BCUT2D eigenvalue weighted by atomic mass is 32.2. The maximum Gasteiger partial charge on any atom is 0.193 e. The van der Waals surface area contributed by atoms with Gasteiger partial charge in [0.1, 0.15) is 6.10 Å². The van der Waals surface area contributed by atoms with E-state index in [1.807, 2.05) is 30.3 Å². The molecular weight excluding hydrogens is 338 g/mol. The standard InChI is InChI=1S/C18H27N3O3S/c1-19-18(20-9-13-25(22)15-6-3-2-4-7-15)21-10-12-24-17(14-21)16-8-5-11-23-16/h2-4,6-7,16-17H,5,8-14H2,1H3,(H,19,20). The Morgan fingerprint density at radius 2 is 2.08 bits per heavy atom. The number of ether oxygens (including phenoxy) is 2. The zero-order valence-corrected chi connectivity index (χ0v) is 15.5. The van der Waals surface area contributed by atoms with Crippen molar-refractivity contribution in [2.24, 2.45) is 4.99 Å². The molecule has 1 N–H and O–H groups in total. The van der Waals surface area contributed by atoms with Crippen LogP contribution in [0.3, 0.4) is 0 Å². The highest BCUT2D eigenvalue weighted by Crippen LogP contribution is 2.21. The van der Waals surface area contributed by atoms with Crippen molar-refractivity contribution >= 4 is 16.8 Å². The summed E-state index contributed by atoms with van der Waals surface area (Å²) >= 11 is 0. The summed E-state index contributed by atoms with van der Waals surface area (Å²) in [5, 5.41) is 3.34. The fourth-order valence-electron chi connectivity index (χ4n) is 3.27. The number of guanidine groups is 1. The second-order valence-corrected chi connectivity index (χ2v) is 7.81. The molecule has 0 aromatic heterocycles. The molecule has 2 saturated heterocycles. The van der Waals surface area contributed by atoms with Gasteiger partial charge in [0, 0.05) is 43.9 Å². The summed E-state index contributed by atoms with van der Waals surface area (Å²) in [6.45, 7) is 3.73. The smallest absolute Gasteiger partial charge is 0.193 e. The topological polar surface area (TPSA) is 63.2 Å². The fraction of sp³-hybridized carbons (Fsp3) is 0.611. The summed E-state index contributed by atoms with van der Waals surface area (Å²) < 4.78 is 24.0. The molecule has 1 aromatic carbocycles.